The number of nitrogen functional groups attached to an aromatic ring is 1. The van der Waals surface area contributed by atoms with Gasteiger partial charge in [-0.05, 0) is 59.9 Å². The van der Waals surface area contributed by atoms with Gasteiger partial charge in [-0.25, -0.2) is 9.97 Å². The van der Waals surface area contributed by atoms with Gasteiger partial charge in [-0.1, -0.05) is 17.9 Å². The Morgan fingerprint density at radius 2 is 2.00 bits per heavy atom. The molecule has 7 nitrogen and oxygen atoms in total. The topological polar surface area (TPSA) is 89.1 Å². The molecule has 0 bridgehead atoms. The number of fused-ring (bicyclic) bond motifs is 1. The maximum Gasteiger partial charge on any atom is 0.251 e. The summed E-state index contributed by atoms with van der Waals surface area (Å²) in [5.41, 5.74) is 11.4. The fourth-order valence-corrected chi connectivity index (χ4v) is 5.26. The summed E-state index contributed by atoms with van der Waals surface area (Å²) in [6, 6.07) is 8.78. The number of aromatic nitrogens is 3. The minimum absolute atomic E-state index is 0.112. The molecule has 0 spiro atoms. The zero-order chi connectivity index (χ0) is 23.9. The summed E-state index contributed by atoms with van der Waals surface area (Å²) in [4.78, 5) is 24.0. The number of hydrogen-bond donors (Lipinski definition) is 2. The van der Waals surface area contributed by atoms with Crippen LogP contribution in [0, 0.1) is 18.8 Å². The number of aryl methyl sites for hydroxylation is 1. The highest BCUT2D eigenvalue weighted by Crippen LogP contribution is 2.37. The Hall–Kier alpha value is -3.67. The molecule has 176 valence electrons. The van der Waals surface area contributed by atoms with Gasteiger partial charge in [0.05, 0.1) is 17.0 Å². The first-order chi connectivity index (χ1) is 17.1. The molecule has 4 aromatic rings. The Kier molecular flexibility index (Phi) is 5.51. The molecule has 1 aliphatic heterocycles. The van der Waals surface area contributed by atoms with Crippen LogP contribution in [-0.4, -0.2) is 44.5 Å². The maximum absolute atomic E-state index is 12.7. The molecule has 0 atom stereocenters. The lowest BCUT2D eigenvalue weighted by Crippen LogP contribution is -2.48. The van der Waals surface area contributed by atoms with Gasteiger partial charge >= 0.3 is 0 Å². The highest BCUT2D eigenvalue weighted by molar-refractivity contribution is 7.07. The minimum atomic E-state index is -0.112. The zero-order valence-electron chi connectivity index (χ0n) is 19.5. The van der Waals surface area contributed by atoms with E-state index in [1.54, 1.807) is 11.3 Å². The molecular formula is C27H26N6OS. The Morgan fingerprint density at radius 1 is 1.17 bits per heavy atom. The summed E-state index contributed by atoms with van der Waals surface area (Å²) in [6.07, 6.45) is 6.21. The lowest BCUT2D eigenvalue weighted by molar-refractivity contribution is 0.0951. The summed E-state index contributed by atoms with van der Waals surface area (Å²) >= 11 is 1.62. The number of nitrogens with zero attached hydrogens (tertiary/aromatic N) is 4. The molecule has 2 fully saturated rings. The van der Waals surface area contributed by atoms with Gasteiger partial charge in [0.2, 0.25) is 0 Å². The van der Waals surface area contributed by atoms with Crippen molar-refractivity contribution in [3.05, 3.63) is 75.4 Å². The van der Waals surface area contributed by atoms with Gasteiger partial charge in [0.25, 0.3) is 5.91 Å². The molecule has 1 amide bonds. The van der Waals surface area contributed by atoms with Crippen molar-refractivity contribution in [3.63, 3.8) is 0 Å². The predicted octanol–water partition coefficient (Wildman–Crippen LogP) is 3.73. The molecule has 0 radical (unpaired) electrons. The fourth-order valence-electron chi connectivity index (χ4n) is 4.59. The average molecular weight is 483 g/mol. The second-order valence-electron chi connectivity index (χ2n) is 9.34. The summed E-state index contributed by atoms with van der Waals surface area (Å²) in [7, 11) is 0. The molecule has 4 heterocycles. The number of carbonyl (C=O) groups is 1. The molecule has 3 N–H and O–H groups in total. The standard InChI is InChI=1S/C27H26N6OS/c1-17-2-3-20(27(34)29-11-18-8-9-35-15-18)10-19(17)4-5-21-12-33(23-13-32(14-23)22-6-7-22)26-24(21)25(28)30-16-31-26/h2-3,8-10,12,15-16,22-23H,6-7,11,13-14H2,1H3,(H,29,34)(H2,28,30,31). The van der Waals surface area contributed by atoms with Gasteiger partial charge < -0.3 is 15.6 Å². The number of likely N-dealkylation sites (tertiary alicyclic amines) is 1. The van der Waals surface area contributed by atoms with E-state index in [0.29, 0.717) is 24.0 Å². The zero-order valence-corrected chi connectivity index (χ0v) is 20.3. The molecule has 35 heavy (non-hydrogen) atoms. The van der Waals surface area contributed by atoms with Crippen LogP contribution in [0.15, 0.2) is 47.5 Å². The third-order valence-corrected chi connectivity index (χ3v) is 7.58. The van der Waals surface area contributed by atoms with E-state index in [-0.39, 0.29) is 5.91 Å². The van der Waals surface area contributed by atoms with Crippen molar-refractivity contribution in [1.29, 1.82) is 0 Å². The van der Waals surface area contributed by atoms with Gasteiger partial charge in [0, 0.05) is 43.0 Å². The first-order valence-corrected chi connectivity index (χ1v) is 12.8. The van der Waals surface area contributed by atoms with E-state index in [1.165, 1.54) is 19.2 Å². The number of rotatable bonds is 5. The molecule has 3 aromatic heterocycles. The van der Waals surface area contributed by atoms with Crippen LogP contribution in [0.1, 0.15) is 51.5 Å². The number of anilines is 1. The largest absolute Gasteiger partial charge is 0.383 e. The number of carbonyl (C=O) groups excluding carboxylic acids is 1. The highest BCUT2D eigenvalue weighted by atomic mass is 32.1. The number of nitrogens with two attached hydrogens (primary N) is 1. The minimum Gasteiger partial charge on any atom is -0.383 e. The Balaban J connectivity index is 1.28. The van der Waals surface area contributed by atoms with E-state index >= 15 is 0 Å². The van der Waals surface area contributed by atoms with Crippen LogP contribution in [0.3, 0.4) is 0 Å². The number of amides is 1. The molecular weight excluding hydrogens is 456 g/mol. The fraction of sp³-hybridized carbons (Fsp3) is 0.296. The second kappa shape index (κ2) is 8.84. The van der Waals surface area contributed by atoms with Crippen molar-refractivity contribution in [3.8, 4) is 11.8 Å². The second-order valence-corrected chi connectivity index (χ2v) is 10.1. The average Bonchev–Trinajstić information content (AvgIpc) is 3.38. The molecule has 8 heteroatoms. The van der Waals surface area contributed by atoms with Gasteiger partial charge in [0.1, 0.15) is 17.8 Å². The first-order valence-electron chi connectivity index (χ1n) is 11.8. The van der Waals surface area contributed by atoms with Crippen LogP contribution in [0.4, 0.5) is 5.82 Å². The van der Waals surface area contributed by atoms with Crippen molar-refractivity contribution >= 4 is 34.1 Å². The van der Waals surface area contributed by atoms with Crippen molar-refractivity contribution in [1.82, 2.24) is 24.8 Å². The van der Waals surface area contributed by atoms with E-state index < -0.39 is 0 Å². The van der Waals surface area contributed by atoms with E-state index in [0.717, 1.165) is 52.4 Å². The molecule has 2 aliphatic rings. The molecule has 1 aliphatic carbocycles. The summed E-state index contributed by atoms with van der Waals surface area (Å²) in [5, 5.41) is 7.81. The summed E-state index contributed by atoms with van der Waals surface area (Å²) in [5.74, 6) is 6.90. The van der Waals surface area contributed by atoms with E-state index in [2.05, 4.69) is 42.8 Å². The number of hydrogen-bond acceptors (Lipinski definition) is 6. The number of nitrogens with one attached hydrogen (secondary N) is 1. The quantitative estimate of drug-likeness (QED) is 0.423. The Bertz CT molecular complexity index is 1470. The molecule has 0 unspecified atom stereocenters. The van der Waals surface area contributed by atoms with Crippen LogP contribution in [-0.2, 0) is 6.54 Å². The van der Waals surface area contributed by atoms with E-state index in [9.17, 15) is 4.79 Å². The Morgan fingerprint density at radius 3 is 2.77 bits per heavy atom. The SMILES string of the molecule is Cc1ccc(C(=O)NCc2ccsc2)cc1C#Cc1cn(C2CN(C3CC3)C2)c2ncnc(N)c12. The van der Waals surface area contributed by atoms with Crippen LogP contribution in [0.5, 0.6) is 0 Å². The predicted molar refractivity (Wildman–Crippen MR) is 138 cm³/mol. The lowest BCUT2D eigenvalue weighted by Gasteiger charge is -2.40. The molecule has 1 saturated heterocycles. The van der Waals surface area contributed by atoms with Crippen molar-refractivity contribution < 1.29 is 4.79 Å². The summed E-state index contributed by atoms with van der Waals surface area (Å²) in [6.45, 7) is 4.58. The van der Waals surface area contributed by atoms with Crippen molar-refractivity contribution in [2.75, 3.05) is 18.8 Å². The molecule has 6 rings (SSSR count). The Labute approximate surface area is 208 Å². The van der Waals surface area contributed by atoms with Gasteiger partial charge in [0.15, 0.2) is 0 Å². The summed E-state index contributed by atoms with van der Waals surface area (Å²) < 4.78 is 2.21. The maximum atomic E-state index is 12.7. The van der Waals surface area contributed by atoms with Crippen molar-refractivity contribution in [2.45, 2.75) is 38.4 Å². The van der Waals surface area contributed by atoms with E-state index in [4.69, 9.17) is 5.73 Å². The first kappa shape index (κ1) is 21.8. The van der Waals surface area contributed by atoms with Crippen LogP contribution in [0.25, 0.3) is 11.0 Å². The highest BCUT2D eigenvalue weighted by Gasteiger charge is 2.39. The lowest BCUT2D eigenvalue weighted by atomic mass is 10.0. The van der Waals surface area contributed by atoms with Crippen molar-refractivity contribution in [2.24, 2.45) is 0 Å². The molecule has 1 aromatic carbocycles. The van der Waals surface area contributed by atoms with Gasteiger partial charge in [-0.3, -0.25) is 9.69 Å². The third kappa shape index (κ3) is 4.29. The van der Waals surface area contributed by atoms with Crippen LogP contribution < -0.4 is 11.1 Å². The van der Waals surface area contributed by atoms with Gasteiger partial charge in [-0.15, -0.1) is 0 Å². The normalized spacial score (nSPS) is 16.0. The van der Waals surface area contributed by atoms with Crippen LogP contribution in [0.2, 0.25) is 0 Å². The number of thiophene rings is 1. The monoisotopic (exact) mass is 482 g/mol. The third-order valence-electron chi connectivity index (χ3n) is 6.85. The van der Waals surface area contributed by atoms with Gasteiger partial charge in [-0.2, -0.15) is 11.3 Å². The van der Waals surface area contributed by atoms with Crippen LogP contribution >= 0.6 is 11.3 Å². The molecule has 1 saturated carbocycles. The number of benzene rings is 1. The van der Waals surface area contributed by atoms with E-state index in [1.807, 2.05) is 41.9 Å². The smallest absolute Gasteiger partial charge is 0.251 e.